The molecule has 4 aromatic rings. The standard InChI is InChI=1S/C25H23ClF3N9O2/c1-13-8-14(2)20(17(9-13)22(39)31-11-15-5-6-15)32-23(40)19-10-16(12-37-35-24(33-36-37)25(27,28)29)34-38(19)21-18(26)4-3-7-30-21/h3-4,7-10,15H,5-6,11-12H2,1-2H3,(H,31,39)(H,32,40). The quantitative estimate of drug-likeness (QED) is 0.326. The smallest absolute Gasteiger partial charge is 0.352 e. The number of hydrogen-bond acceptors (Lipinski definition) is 7. The van der Waals surface area contributed by atoms with Crippen molar-refractivity contribution < 1.29 is 22.8 Å². The molecule has 0 radical (unpaired) electrons. The molecule has 2 amide bonds. The fraction of sp³-hybridized carbons (Fsp3) is 0.320. The van der Waals surface area contributed by atoms with Crippen molar-refractivity contribution in [2.24, 2.45) is 5.92 Å². The zero-order chi connectivity index (χ0) is 28.6. The molecule has 1 aliphatic rings. The summed E-state index contributed by atoms with van der Waals surface area (Å²) in [4.78, 5) is 31.6. The van der Waals surface area contributed by atoms with Crippen molar-refractivity contribution in [2.45, 2.75) is 39.4 Å². The van der Waals surface area contributed by atoms with Gasteiger partial charge in [-0.15, -0.1) is 10.2 Å². The summed E-state index contributed by atoms with van der Waals surface area (Å²) in [6.07, 6.45) is -1.18. The molecule has 2 N–H and O–H groups in total. The van der Waals surface area contributed by atoms with E-state index in [4.69, 9.17) is 11.6 Å². The van der Waals surface area contributed by atoms with Gasteiger partial charge in [0.1, 0.15) is 12.2 Å². The number of anilines is 1. The predicted octanol–water partition coefficient (Wildman–Crippen LogP) is 3.98. The first-order valence-electron chi connectivity index (χ1n) is 12.2. The average Bonchev–Trinajstić information content (AvgIpc) is 3.43. The molecular weight excluding hydrogens is 551 g/mol. The molecule has 0 saturated heterocycles. The van der Waals surface area contributed by atoms with Crippen molar-refractivity contribution in [1.29, 1.82) is 0 Å². The third-order valence-electron chi connectivity index (χ3n) is 6.15. The minimum absolute atomic E-state index is 0.0314. The van der Waals surface area contributed by atoms with Crippen molar-refractivity contribution >= 4 is 29.1 Å². The lowest BCUT2D eigenvalue weighted by molar-refractivity contribution is -0.145. The number of alkyl halides is 3. The Labute approximate surface area is 230 Å². The number of tetrazole rings is 1. The van der Waals surface area contributed by atoms with Gasteiger partial charge in [-0.25, -0.2) is 9.67 Å². The van der Waals surface area contributed by atoms with Gasteiger partial charge in [-0.2, -0.15) is 23.1 Å². The summed E-state index contributed by atoms with van der Waals surface area (Å²) in [7, 11) is 0. The number of hydrogen-bond donors (Lipinski definition) is 2. The van der Waals surface area contributed by atoms with Gasteiger partial charge in [0.25, 0.3) is 17.6 Å². The Morgan fingerprint density at radius 2 is 1.90 bits per heavy atom. The highest BCUT2D eigenvalue weighted by Gasteiger charge is 2.37. The number of nitrogens with zero attached hydrogens (tertiary/aromatic N) is 7. The monoisotopic (exact) mass is 573 g/mol. The van der Waals surface area contributed by atoms with E-state index in [1.54, 1.807) is 25.1 Å². The largest absolute Gasteiger partial charge is 0.455 e. The average molecular weight is 574 g/mol. The molecule has 5 rings (SSSR count). The Hall–Kier alpha value is -4.33. The molecule has 208 valence electrons. The van der Waals surface area contributed by atoms with E-state index in [2.05, 4.69) is 36.1 Å². The van der Waals surface area contributed by atoms with Crippen LogP contribution in [0.4, 0.5) is 18.9 Å². The van der Waals surface area contributed by atoms with Crippen molar-refractivity contribution in [2.75, 3.05) is 11.9 Å². The molecule has 0 spiro atoms. The number of carbonyl (C=O) groups is 2. The Kier molecular flexibility index (Phi) is 7.27. The van der Waals surface area contributed by atoms with Crippen LogP contribution in [0, 0.1) is 19.8 Å². The highest BCUT2D eigenvalue weighted by molar-refractivity contribution is 6.32. The number of carbonyl (C=O) groups excluding carboxylic acids is 2. The van der Waals surface area contributed by atoms with E-state index in [1.807, 2.05) is 13.0 Å². The van der Waals surface area contributed by atoms with Gasteiger partial charge in [-0.3, -0.25) is 9.59 Å². The first kappa shape index (κ1) is 27.2. The topological polar surface area (TPSA) is 133 Å². The molecular formula is C25H23ClF3N9O2. The molecule has 15 heteroatoms. The van der Waals surface area contributed by atoms with Gasteiger partial charge in [0.05, 0.1) is 22.0 Å². The summed E-state index contributed by atoms with van der Waals surface area (Å²) in [5.74, 6) is -1.78. The van der Waals surface area contributed by atoms with Gasteiger partial charge >= 0.3 is 6.18 Å². The Balaban J connectivity index is 1.49. The molecule has 40 heavy (non-hydrogen) atoms. The lowest BCUT2D eigenvalue weighted by Crippen LogP contribution is -2.28. The molecule has 0 unspecified atom stereocenters. The van der Waals surface area contributed by atoms with Crippen LogP contribution in [0.1, 0.15) is 56.3 Å². The van der Waals surface area contributed by atoms with Crippen LogP contribution in [-0.4, -0.2) is 53.3 Å². The molecule has 1 aromatic carbocycles. The highest BCUT2D eigenvalue weighted by atomic mass is 35.5. The Bertz CT molecular complexity index is 1590. The van der Waals surface area contributed by atoms with Crippen LogP contribution in [0.5, 0.6) is 0 Å². The summed E-state index contributed by atoms with van der Waals surface area (Å²) < 4.78 is 39.9. The van der Waals surface area contributed by atoms with Crippen LogP contribution >= 0.6 is 11.6 Å². The normalized spacial score (nSPS) is 13.3. The molecule has 1 aliphatic carbocycles. The zero-order valence-corrected chi connectivity index (χ0v) is 22.1. The van der Waals surface area contributed by atoms with Crippen molar-refractivity contribution in [3.63, 3.8) is 0 Å². The molecule has 3 aromatic heterocycles. The Morgan fingerprint density at radius 3 is 2.58 bits per heavy atom. The number of halogens is 4. The summed E-state index contributed by atoms with van der Waals surface area (Å²) in [5.41, 5.74) is 2.24. The lowest BCUT2D eigenvalue weighted by Gasteiger charge is -2.16. The maximum absolute atomic E-state index is 13.6. The molecule has 1 saturated carbocycles. The number of rotatable bonds is 8. The van der Waals surface area contributed by atoms with Crippen molar-refractivity contribution in [3.05, 3.63) is 75.5 Å². The number of amides is 2. The minimum Gasteiger partial charge on any atom is -0.352 e. The fourth-order valence-electron chi connectivity index (χ4n) is 4.08. The van der Waals surface area contributed by atoms with Crippen molar-refractivity contribution in [3.8, 4) is 5.82 Å². The second kappa shape index (κ2) is 10.7. The van der Waals surface area contributed by atoms with E-state index in [-0.39, 0.29) is 34.7 Å². The SMILES string of the molecule is Cc1cc(C)c(NC(=O)c2cc(Cn3nnc(C(F)(F)F)n3)nn2-c2ncccc2Cl)c(C(=O)NCC2CC2)c1. The van der Waals surface area contributed by atoms with Crippen molar-refractivity contribution in [1.82, 2.24) is 40.3 Å². The van der Waals surface area contributed by atoms with E-state index >= 15 is 0 Å². The van der Waals surface area contributed by atoms with E-state index in [0.717, 1.165) is 18.4 Å². The summed E-state index contributed by atoms with van der Waals surface area (Å²) >= 11 is 6.32. The first-order chi connectivity index (χ1) is 19.0. The van der Waals surface area contributed by atoms with E-state index in [9.17, 15) is 22.8 Å². The van der Waals surface area contributed by atoms with Gasteiger partial charge in [-0.1, -0.05) is 17.7 Å². The number of benzene rings is 1. The van der Waals surface area contributed by atoms with Gasteiger partial charge in [0.2, 0.25) is 0 Å². The third kappa shape index (κ3) is 5.96. The highest BCUT2D eigenvalue weighted by Crippen LogP contribution is 2.29. The third-order valence-corrected chi connectivity index (χ3v) is 6.45. The zero-order valence-electron chi connectivity index (χ0n) is 21.3. The molecule has 11 nitrogen and oxygen atoms in total. The van der Waals surface area contributed by atoms with E-state index in [1.165, 1.54) is 16.9 Å². The lowest BCUT2D eigenvalue weighted by atomic mass is 10.0. The molecule has 3 heterocycles. The van der Waals surface area contributed by atoms with Crippen LogP contribution in [0.3, 0.4) is 0 Å². The summed E-state index contributed by atoms with van der Waals surface area (Å²) in [6, 6.07) is 8.02. The van der Waals surface area contributed by atoms with Gasteiger partial charge in [0, 0.05) is 12.7 Å². The number of nitrogens with one attached hydrogen (secondary N) is 2. The van der Waals surface area contributed by atoms with Crippen LogP contribution < -0.4 is 10.6 Å². The predicted molar refractivity (Wildman–Crippen MR) is 137 cm³/mol. The summed E-state index contributed by atoms with van der Waals surface area (Å²) in [6.45, 7) is 3.86. The number of aryl methyl sites for hydroxylation is 2. The molecule has 0 atom stereocenters. The first-order valence-corrected chi connectivity index (χ1v) is 12.6. The van der Waals surface area contributed by atoms with Crippen LogP contribution in [0.25, 0.3) is 5.82 Å². The molecule has 0 aliphatic heterocycles. The second-order valence-electron chi connectivity index (χ2n) is 9.49. The molecule has 0 bridgehead atoms. The number of pyridine rings is 1. The van der Waals surface area contributed by atoms with E-state index in [0.29, 0.717) is 34.1 Å². The number of aromatic nitrogens is 7. The van der Waals surface area contributed by atoms with Crippen LogP contribution in [-0.2, 0) is 12.7 Å². The summed E-state index contributed by atoms with van der Waals surface area (Å²) in [5, 5.41) is 20.0. The van der Waals surface area contributed by atoms with Crippen LogP contribution in [0.15, 0.2) is 36.5 Å². The van der Waals surface area contributed by atoms with Crippen LogP contribution in [0.2, 0.25) is 5.02 Å². The van der Waals surface area contributed by atoms with Gasteiger partial charge in [0.15, 0.2) is 5.82 Å². The van der Waals surface area contributed by atoms with Gasteiger partial charge in [-0.05, 0) is 73.2 Å². The minimum atomic E-state index is -4.77. The fourth-order valence-corrected chi connectivity index (χ4v) is 4.28. The molecule has 1 fully saturated rings. The maximum atomic E-state index is 13.6. The van der Waals surface area contributed by atoms with Gasteiger partial charge < -0.3 is 10.6 Å². The second-order valence-corrected chi connectivity index (χ2v) is 9.90. The maximum Gasteiger partial charge on any atom is 0.455 e. The Morgan fingerprint density at radius 1 is 1.12 bits per heavy atom. The van der Waals surface area contributed by atoms with E-state index < -0.39 is 17.9 Å².